The average Bonchev–Trinajstić information content (AvgIpc) is 2.67. The van der Waals surface area contributed by atoms with Crippen LogP contribution in [0.4, 0.5) is 5.69 Å². The standard InChI is InChI=1S/C21H26N2O5S/c1-14-5-6-17(11-15(14)2)16(3)22-21(24)13-23(29(4,25)26)18-7-8-19-20(12-18)28-10-9-27-19/h5-8,11-12,16H,9-10,13H2,1-4H3,(H,22,24)/t16-/m0/s1. The lowest BCUT2D eigenvalue weighted by Gasteiger charge is -2.25. The highest BCUT2D eigenvalue weighted by Crippen LogP contribution is 2.34. The highest BCUT2D eigenvalue weighted by atomic mass is 32.2. The van der Waals surface area contributed by atoms with Gasteiger partial charge in [-0.25, -0.2) is 8.42 Å². The Labute approximate surface area is 171 Å². The maximum absolute atomic E-state index is 12.6. The van der Waals surface area contributed by atoms with Gasteiger partial charge in [0.2, 0.25) is 15.9 Å². The third-order valence-corrected chi connectivity index (χ3v) is 6.05. The lowest BCUT2D eigenvalue weighted by Crippen LogP contribution is -2.41. The van der Waals surface area contributed by atoms with Crippen molar-refractivity contribution in [3.8, 4) is 11.5 Å². The molecule has 156 valence electrons. The fourth-order valence-electron chi connectivity index (χ4n) is 3.12. The van der Waals surface area contributed by atoms with E-state index in [0.29, 0.717) is 30.4 Å². The molecule has 1 N–H and O–H groups in total. The second-order valence-corrected chi connectivity index (χ2v) is 9.14. The van der Waals surface area contributed by atoms with Gasteiger partial charge in [-0.2, -0.15) is 0 Å². The van der Waals surface area contributed by atoms with Crippen LogP contribution < -0.4 is 19.1 Å². The first kappa shape index (κ1) is 21.0. The Balaban J connectivity index is 1.76. The molecule has 8 heteroatoms. The van der Waals surface area contributed by atoms with Gasteiger partial charge in [0.1, 0.15) is 19.8 Å². The van der Waals surface area contributed by atoms with Gasteiger partial charge in [0.05, 0.1) is 18.0 Å². The molecule has 7 nitrogen and oxygen atoms in total. The first-order valence-corrected chi connectivity index (χ1v) is 11.2. The number of fused-ring (bicyclic) bond motifs is 1. The predicted octanol–water partition coefficient (Wildman–Crippen LogP) is 2.72. The molecule has 0 aromatic heterocycles. The molecule has 1 aliphatic rings. The number of sulfonamides is 1. The number of anilines is 1. The molecule has 0 aliphatic carbocycles. The minimum absolute atomic E-state index is 0.247. The summed E-state index contributed by atoms with van der Waals surface area (Å²) in [5, 5.41) is 2.88. The Morgan fingerprint density at radius 2 is 1.76 bits per heavy atom. The molecule has 0 spiro atoms. The van der Waals surface area contributed by atoms with Gasteiger partial charge in [-0.1, -0.05) is 18.2 Å². The average molecular weight is 419 g/mol. The van der Waals surface area contributed by atoms with Gasteiger partial charge in [0.15, 0.2) is 11.5 Å². The van der Waals surface area contributed by atoms with Crippen LogP contribution in [-0.2, 0) is 14.8 Å². The molecule has 1 atom stereocenters. The molecule has 2 aromatic rings. The van der Waals surface area contributed by atoms with Gasteiger partial charge in [-0.3, -0.25) is 9.10 Å². The van der Waals surface area contributed by atoms with E-state index in [4.69, 9.17) is 9.47 Å². The number of hydrogen-bond donors (Lipinski definition) is 1. The molecule has 0 radical (unpaired) electrons. The summed E-state index contributed by atoms with van der Waals surface area (Å²) in [6.07, 6.45) is 1.07. The van der Waals surface area contributed by atoms with Crippen LogP contribution in [-0.4, -0.2) is 40.3 Å². The van der Waals surface area contributed by atoms with Gasteiger partial charge in [0.25, 0.3) is 0 Å². The lowest BCUT2D eigenvalue weighted by atomic mass is 10.0. The van der Waals surface area contributed by atoms with E-state index in [2.05, 4.69) is 5.32 Å². The van der Waals surface area contributed by atoms with Crippen molar-refractivity contribution in [2.24, 2.45) is 0 Å². The van der Waals surface area contributed by atoms with Gasteiger partial charge in [0, 0.05) is 6.07 Å². The number of carbonyl (C=O) groups is 1. The lowest BCUT2D eigenvalue weighted by molar-refractivity contribution is -0.120. The summed E-state index contributed by atoms with van der Waals surface area (Å²) < 4.78 is 36.8. The number of aryl methyl sites for hydroxylation is 2. The quantitative estimate of drug-likeness (QED) is 0.780. The summed E-state index contributed by atoms with van der Waals surface area (Å²) >= 11 is 0. The summed E-state index contributed by atoms with van der Waals surface area (Å²) in [5.74, 6) is 0.628. The van der Waals surface area contributed by atoms with E-state index in [1.165, 1.54) is 5.56 Å². The van der Waals surface area contributed by atoms with Crippen molar-refractivity contribution in [2.75, 3.05) is 30.3 Å². The van der Waals surface area contributed by atoms with E-state index in [9.17, 15) is 13.2 Å². The predicted molar refractivity (Wildman–Crippen MR) is 112 cm³/mol. The second-order valence-electron chi connectivity index (χ2n) is 7.23. The molecule has 1 heterocycles. The Hall–Kier alpha value is -2.74. The summed E-state index contributed by atoms with van der Waals surface area (Å²) in [6.45, 7) is 6.43. The number of ether oxygens (including phenoxy) is 2. The molecule has 2 aromatic carbocycles. The van der Waals surface area contributed by atoms with Crippen molar-refractivity contribution in [2.45, 2.75) is 26.8 Å². The zero-order valence-corrected chi connectivity index (χ0v) is 17.9. The largest absolute Gasteiger partial charge is 0.486 e. The number of rotatable bonds is 6. The zero-order valence-electron chi connectivity index (χ0n) is 17.1. The monoisotopic (exact) mass is 418 g/mol. The van der Waals surface area contributed by atoms with Crippen molar-refractivity contribution < 1.29 is 22.7 Å². The van der Waals surface area contributed by atoms with E-state index in [-0.39, 0.29) is 12.6 Å². The molecule has 0 saturated carbocycles. The number of carbonyl (C=O) groups excluding carboxylic acids is 1. The smallest absolute Gasteiger partial charge is 0.241 e. The first-order chi connectivity index (χ1) is 13.6. The van der Waals surface area contributed by atoms with Crippen molar-refractivity contribution in [3.63, 3.8) is 0 Å². The summed E-state index contributed by atoms with van der Waals surface area (Å²) in [4.78, 5) is 12.6. The van der Waals surface area contributed by atoms with Gasteiger partial charge >= 0.3 is 0 Å². The van der Waals surface area contributed by atoms with Crippen LogP contribution >= 0.6 is 0 Å². The van der Waals surface area contributed by atoms with E-state index >= 15 is 0 Å². The molecule has 0 saturated heterocycles. The summed E-state index contributed by atoms with van der Waals surface area (Å²) in [6, 6.07) is 10.6. The number of nitrogens with zero attached hydrogens (tertiary/aromatic N) is 1. The van der Waals surface area contributed by atoms with E-state index in [0.717, 1.165) is 21.7 Å². The number of nitrogens with one attached hydrogen (secondary N) is 1. The Kier molecular flexibility index (Phi) is 6.02. The molecule has 1 aliphatic heterocycles. The molecule has 0 fully saturated rings. The highest BCUT2D eigenvalue weighted by molar-refractivity contribution is 7.92. The third-order valence-electron chi connectivity index (χ3n) is 4.91. The zero-order chi connectivity index (χ0) is 21.2. The maximum atomic E-state index is 12.6. The summed E-state index contributed by atoms with van der Waals surface area (Å²) in [5.41, 5.74) is 3.63. The molecule has 29 heavy (non-hydrogen) atoms. The minimum Gasteiger partial charge on any atom is -0.486 e. The van der Waals surface area contributed by atoms with Crippen LogP contribution in [0.25, 0.3) is 0 Å². The van der Waals surface area contributed by atoms with Gasteiger partial charge < -0.3 is 14.8 Å². The van der Waals surface area contributed by atoms with Crippen molar-refractivity contribution in [1.82, 2.24) is 5.32 Å². The molecule has 1 amide bonds. The molecule has 0 unspecified atom stereocenters. The first-order valence-electron chi connectivity index (χ1n) is 9.39. The Bertz CT molecular complexity index is 1020. The fraction of sp³-hybridized carbons (Fsp3) is 0.381. The van der Waals surface area contributed by atoms with Crippen molar-refractivity contribution >= 4 is 21.6 Å². The Morgan fingerprint density at radius 3 is 2.41 bits per heavy atom. The number of hydrogen-bond acceptors (Lipinski definition) is 5. The van der Waals surface area contributed by atoms with Crippen molar-refractivity contribution in [1.29, 1.82) is 0 Å². The van der Waals surface area contributed by atoms with Crippen LogP contribution in [0.5, 0.6) is 11.5 Å². The second kappa shape index (κ2) is 8.32. The molecular weight excluding hydrogens is 392 g/mol. The maximum Gasteiger partial charge on any atom is 0.241 e. The minimum atomic E-state index is -3.68. The van der Waals surface area contributed by atoms with Crippen LogP contribution in [0.1, 0.15) is 29.7 Å². The fourth-order valence-corrected chi connectivity index (χ4v) is 3.97. The van der Waals surface area contributed by atoms with Crippen LogP contribution in [0.2, 0.25) is 0 Å². The van der Waals surface area contributed by atoms with Gasteiger partial charge in [-0.05, 0) is 49.6 Å². The topological polar surface area (TPSA) is 84.9 Å². The summed E-state index contributed by atoms with van der Waals surface area (Å²) in [7, 11) is -3.68. The normalized spacial score (nSPS) is 14.2. The van der Waals surface area contributed by atoms with Crippen LogP contribution in [0.15, 0.2) is 36.4 Å². The van der Waals surface area contributed by atoms with Crippen LogP contribution in [0.3, 0.4) is 0 Å². The number of benzene rings is 2. The van der Waals surface area contributed by atoms with E-state index in [1.807, 2.05) is 39.0 Å². The third kappa shape index (κ3) is 5.00. The molecule has 3 rings (SSSR count). The van der Waals surface area contributed by atoms with Crippen LogP contribution in [0, 0.1) is 13.8 Å². The SMILES string of the molecule is Cc1ccc([C@H](C)NC(=O)CN(c2ccc3c(c2)OCCO3)S(C)(=O)=O)cc1C. The van der Waals surface area contributed by atoms with Gasteiger partial charge in [-0.15, -0.1) is 0 Å². The molecule has 0 bridgehead atoms. The number of amides is 1. The Morgan fingerprint density at radius 1 is 1.07 bits per heavy atom. The highest BCUT2D eigenvalue weighted by Gasteiger charge is 2.24. The van der Waals surface area contributed by atoms with E-state index in [1.54, 1.807) is 18.2 Å². The molecular formula is C21H26N2O5S. The van der Waals surface area contributed by atoms with Crippen molar-refractivity contribution in [3.05, 3.63) is 53.1 Å². The van der Waals surface area contributed by atoms with E-state index < -0.39 is 15.9 Å².